The molecular formula is C17H13N4O3S2-. The highest BCUT2D eigenvalue weighted by atomic mass is 32.2. The van der Waals surface area contributed by atoms with Crippen molar-refractivity contribution in [3.8, 4) is 27.2 Å². The van der Waals surface area contributed by atoms with E-state index in [0.29, 0.717) is 17.0 Å². The van der Waals surface area contributed by atoms with Crippen LogP contribution in [0.15, 0.2) is 42.9 Å². The number of hydrogen-bond donors (Lipinski definition) is 0. The Hall–Kier alpha value is -2.80. The first-order valence-corrected chi connectivity index (χ1v) is 9.51. The summed E-state index contributed by atoms with van der Waals surface area (Å²) in [6.45, 7) is 1.49. The number of thiazole rings is 1. The van der Waals surface area contributed by atoms with Gasteiger partial charge in [0.2, 0.25) is 0 Å². The van der Waals surface area contributed by atoms with Gasteiger partial charge in [-0.25, -0.2) is 9.97 Å². The largest absolute Gasteiger partial charge is 0.773 e. The van der Waals surface area contributed by atoms with Gasteiger partial charge in [-0.2, -0.15) is 5.26 Å². The molecule has 0 spiro atoms. The Morgan fingerprint density at radius 3 is 2.69 bits per heavy atom. The fraction of sp³-hybridized carbons (Fsp3) is 0.118. The van der Waals surface area contributed by atoms with Crippen molar-refractivity contribution in [2.24, 2.45) is 0 Å². The molecule has 0 saturated heterocycles. The van der Waals surface area contributed by atoms with Crippen LogP contribution in [0.5, 0.6) is 0 Å². The first-order valence-electron chi connectivity index (χ1n) is 7.21. The number of nitriles is 1. The Bertz CT molecular complexity index is 991. The van der Waals surface area contributed by atoms with Crippen LogP contribution in [-0.4, -0.2) is 35.8 Å². The summed E-state index contributed by atoms with van der Waals surface area (Å²) >= 11 is -0.417. The molecule has 9 heteroatoms. The lowest BCUT2D eigenvalue weighted by molar-refractivity contribution is 0.101. The van der Waals surface area contributed by atoms with E-state index >= 15 is 0 Å². The van der Waals surface area contributed by atoms with Gasteiger partial charge in [-0.1, -0.05) is 17.1 Å². The Morgan fingerprint density at radius 1 is 1.31 bits per heavy atom. The molecule has 3 heterocycles. The molecule has 1 unspecified atom stereocenters. The number of hydrogen-bond acceptors (Lipinski definition) is 8. The van der Waals surface area contributed by atoms with Crippen LogP contribution in [0.4, 0.5) is 0 Å². The first kappa shape index (κ1) is 19.5. The molecule has 3 aromatic rings. The van der Waals surface area contributed by atoms with Crippen molar-refractivity contribution in [1.82, 2.24) is 15.0 Å². The van der Waals surface area contributed by atoms with Crippen LogP contribution in [0.3, 0.4) is 0 Å². The minimum absolute atomic E-state index is 0.0717. The SMILES string of the molecule is CC(=O)c1cccc(-c2cnc(-c3cncc(C#N)c3)s2)n1.CS(=O)[O-]. The standard InChI is InChI=1S/C16H10N4OS.CH4O2S/c1-10(21)13-3-2-4-14(20-13)15-9-19-16(22-15)12-5-11(6-17)7-18-8-12;1-4(2)3/h2-5,7-9H,1H3;1H3,(H,2,3)/p-1. The molecule has 0 aliphatic carbocycles. The number of nitrogens with zero attached hydrogens (tertiary/aromatic N) is 4. The molecule has 26 heavy (non-hydrogen) atoms. The number of pyridine rings is 2. The lowest BCUT2D eigenvalue weighted by atomic mass is 10.2. The zero-order valence-electron chi connectivity index (χ0n) is 13.9. The van der Waals surface area contributed by atoms with Gasteiger partial charge in [-0.3, -0.25) is 14.0 Å². The lowest BCUT2D eigenvalue weighted by Gasteiger charge is -1.99. The van der Waals surface area contributed by atoms with Crippen LogP contribution in [0, 0.1) is 11.3 Å². The smallest absolute Gasteiger partial charge is 0.178 e. The zero-order chi connectivity index (χ0) is 19.1. The number of rotatable bonds is 3. The minimum atomic E-state index is -1.86. The summed E-state index contributed by atoms with van der Waals surface area (Å²) in [5, 5.41) is 9.68. The van der Waals surface area contributed by atoms with Crippen molar-refractivity contribution < 1.29 is 13.6 Å². The predicted octanol–water partition coefficient (Wildman–Crippen LogP) is 2.84. The van der Waals surface area contributed by atoms with Crippen molar-refractivity contribution in [3.63, 3.8) is 0 Å². The van der Waals surface area contributed by atoms with Crippen LogP contribution in [0.1, 0.15) is 23.0 Å². The molecule has 7 nitrogen and oxygen atoms in total. The molecule has 0 aliphatic rings. The van der Waals surface area contributed by atoms with E-state index in [1.165, 1.54) is 24.5 Å². The fourth-order valence-electron chi connectivity index (χ4n) is 1.91. The predicted molar refractivity (Wildman–Crippen MR) is 98.1 cm³/mol. The van der Waals surface area contributed by atoms with Crippen LogP contribution >= 0.6 is 11.3 Å². The fourth-order valence-corrected chi connectivity index (χ4v) is 2.78. The molecule has 0 aromatic carbocycles. The Morgan fingerprint density at radius 2 is 2.04 bits per heavy atom. The summed E-state index contributed by atoms with van der Waals surface area (Å²) in [4.78, 5) is 25.0. The van der Waals surface area contributed by atoms with Crippen LogP contribution in [0.25, 0.3) is 21.1 Å². The van der Waals surface area contributed by atoms with E-state index in [4.69, 9.17) is 14.0 Å². The molecule has 3 aromatic heterocycles. The maximum atomic E-state index is 11.4. The van der Waals surface area contributed by atoms with Crippen molar-refractivity contribution in [2.75, 3.05) is 6.26 Å². The van der Waals surface area contributed by atoms with Crippen molar-refractivity contribution >= 4 is 28.2 Å². The van der Waals surface area contributed by atoms with Crippen LogP contribution < -0.4 is 0 Å². The molecular weight excluding hydrogens is 372 g/mol. The van der Waals surface area contributed by atoms with E-state index in [-0.39, 0.29) is 5.78 Å². The minimum Gasteiger partial charge on any atom is -0.773 e. The zero-order valence-corrected chi connectivity index (χ0v) is 15.5. The second kappa shape index (κ2) is 9.05. The Labute approximate surface area is 156 Å². The van der Waals surface area contributed by atoms with Crippen LogP contribution in [-0.2, 0) is 11.1 Å². The second-order valence-electron chi connectivity index (χ2n) is 4.97. The topological polar surface area (TPSA) is 120 Å². The normalized spacial score (nSPS) is 11.0. The maximum absolute atomic E-state index is 11.4. The van der Waals surface area contributed by atoms with E-state index in [1.54, 1.807) is 30.6 Å². The molecule has 0 saturated carbocycles. The molecule has 0 amide bonds. The van der Waals surface area contributed by atoms with Crippen molar-refractivity contribution in [2.45, 2.75) is 6.92 Å². The summed E-state index contributed by atoms with van der Waals surface area (Å²) < 4.78 is 18.0. The van der Waals surface area contributed by atoms with E-state index < -0.39 is 11.1 Å². The van der Waals surface area contributed by atoms with Gasteiger partial charge in [0.25, 0.3) is 0 Å². The third kappa shape index (κ3) is 5.35. The van der Waals surface area contributed by atoms with Gasteiger partial charge in [0.1, 0.15) is 16.8 Å². The van der Waals surface area contributed by atoms with E-state index in [1.807, 2.05) is 6.07 Å². The molecule has 132 valence electrons. The summed E-state index contributed by atoms with van der Waals surface area (Å²) in [6, 6.07) is 9.14. The van der Waals surface area contributed by atoms with Crippen molar-refractivity contribution in [1.29, 1.82) is 5.26 Å². The van der Waals surface area contributed by atoms with Gasteiger partial charge in [-0.05, 0) is 24.5 Å². The number of Topliss-reactive ketones (excluding diaryl/α,β-unsaturated/α-hetero) is 1. The molecule has 0 N–H and O–H groups in total. The van der Waals surface area contributed by atoms with E-state index in [0.717, 1.165) is 21.7 Å². The number of aromatic nitrogens is 3. The number of carbonyl (C=O) groups excluding carboxylic acids is 1. The van der Waals surface area contributed by atoms with Gasteiger partial charge in [0.15, 0.2) is 5.78 Å². The Kier molecular flexibility index (Phi) is 6.80. The van der Waals surface area contributed by atoms with Gasteiger partial charge < -0.3 is 4.55 Å². The highest BCUT2D eigenvalue weighted by Crippen LogP contribution is 2.31. The molecule has 0 radical (unpaired) electrons. The third-order valence-corrected chi connectivity index (χ3v) is 4.05. The van der Waals surface area contributed by atoms with Crippen LogP contribution in [0.2, 0.25) is 0 Å². The van der Waals surface area contributed by atoms with Gasteiger partial charge in [0.05, 0.1) is 16.1 Å². The first-order chi connectivity index (χ1) is 12.4. The maximum Gasteiger partial charge on any atom is 0.178 e. The third-order valence-electron chi connectivity index (χ3n) is 2.98. The highest BCUT2D eigenvalue weighted by Gasteiger charge is 2.10. The average Bonchev–Trinajstić information content (AvgIpc) is 3.11. The molecule has 0 bridgehead atoms. The molecule has 3 rings (SSSR count). The summed E-state index contributed by atoms with van der Waals surface area (Å²) in [6.07, 6.45) is 5.98. The lowest BCUT2D eigenvalue weighted by Crippen LogP contribution is -1.96. The summed E-state index contributed by atoms with van der Waals surface area (Å²) in [5.74, 6) is -0.0717. The summed E-state index contributed by atoms with van der Waals surface area (Å²) in [5.41, 5.74) is 2.42. The Balaban J connectivity index is 0.000000552. The monoisotopic (exact) mass is 385 g/mol. The highest BCUT2D eigenvalue weighted by molar-refractivity contribution is 7.78. The van der Waals surface area contributed by atoms with Gasteiger partial charge >= 0.3 is 0 Å². The second-order valence-corrected chi connectivity index (χ2v) is 6.80. The average molecular weight is 385 g/mol. The quantitative estimate of drug-likeness (QED) is 0.502. The number of ketones is 1. The molecule has 0 fully saturated rings. The van der Waals surface area contributed by atoms with Gasteiger partial charge in [0, 0.05) is 31.1 Å². The molecule has 0 aliphatic heterocycles. The van der Waals surface area contributed by atoms with Gasteiger partial charge in [-0.15, -0.1) is 11.3 Å². The van der Waals surface area contributed by atoms with E-state index in [2.05, 4.69) is 21.0 Å². The van der Waals surface area contributed by atoms with E-state index in [9.17, 15) is 4.79 Å². The van der Waals surface area contributed by atoms with Crippen molar-refractivity contribution in [3.05, 3.63) is 54.1 Å². The number of carbonyl (C=O) groups is 1. The molecule has 1 atom stereocenters. The summed E-state index contributed by atoms with van der Waals surface area (Å²) in [7, 11) is 0.